The second-order valence-corrected chi connectivity index (χ2v) is 7.80. The molecule has 1 aliphatic heterocycles. The predicted molar refractivity (Wildman–Crippen MR) is 129 cm³/mol. The largest absolute Gasteiger partial charge is 0.383 e. The minimum atomic E-state index is -0.385. The van der Waals surface area contributed by atoms with Crippen molar-refractivity contribution in [3.63, 3.8) is 0 Å². The van der Waals surface area contributed by atoms with Crippen molar-refractivity contribution < 1.29 is 4.39 Å². The molecular formula is C23H20FN7S. The van der Waals surface area contributed by atoms with Gasteiger partial charge in [0.05, 0.1) is 23.5 Å². The summed E-state index contributed by atoms with van der Waals surface area (Å²) in [6.45, 7) is 8.03. The Kier molecular flexibility index (Phi) is 5.71. The molecule has 32 heavy (non-hydrogen) atoms. The number of aryl methyl sites for hydroxylation is 1. The highest BCUT2D eigenvalue weighted by atomic mass is 32.1. The SMILES string of the molecule is C=C1c2c(C)csc2N=C(CNc2ncnc(N)c2C(=N)C#CC)N1c1ccccc1F. The fraction of sp³-hybridized carbons (Fsp3) is 0.130. The van der Waals surface area contributed by atoms with E-state index in [1.165, 1.54) is 23.7 Å². The van der Waals surface area contributed by atoms with Gasteiger partial charge in [-0.3, -0.25) is 10.3 Å². The van der Waals surface area contributed by atoms with Crippen molar-refractivity contribution >= 4 is 50.9 Å². The Morgan fingerprint density at radius 2 is 2.12 bits per heavy atom. The number of nitrogen functional groups attached to an aromatic ring is 1. The molecule has 4 rings (SSSR count). The number of hydrogen-bond donors (Lipinski definition) is 3. The summed E-state index contributed by atoms with van der Waals surface area (Å²) >= 11 is 1.51. The monoisotopic (exact) mass is 445 g/mol. The molecule has 7 nitrogen and oxygen atoms in total. The molecular weight excluding hydrogens is 425 g/mol. The molecule has 1 aliphatic rings. The molecule has 0 aliphatic carbocycles. The average molecular weight is 446 g/mol. The van der Waals surface area contributed by atoms with E-state index < -0.39 is 0 Å². The van der Waals surface area contributed by atoms with Crippen LogP contribution in [-0.2, 0) is 0 Å². The van der Waals surface area contributed by atoms with Crippen molar-refractivity contribution in [3.8, 4) is 11.8 Å². The number of aliphatic imine (C=N–C) groups is 1. The summed E-state index contributed by atoms with van der Waals surface area (Å²) in [4.78, 5) is 14.7. The van der Waals surface area contributed by atoms with E-state index >= 15 is 0 Å². The van der Waals surface area contributed by atoms with Crippen LogP contribution in [-0.4, -0.2) is 28.1 Å². The number of aromatic nitrogens is 2. The summed E-state index contributed by atoms with van der Waals surface area (Å²) in [5.41, 5.74) is 9.22. The first-order valence-corrected chi connectivity index (χ1v) is 10.6. The van der Waals surface area contributed by atoms with E-state index in [4.69, 9.17) is 16.1 Å². The zero-order valence-corrected chi connectivity index (χ0v) is 18.3. The predicted octanol–water partition coefficient (Wildman–Crippen LogP) is 4.59. The van der Waals surface area contributed by atoms with Crippen LogP contribution in [0.4, 0.5) is 26.7 Å². The van der Waals surface area contributed by atoms with Crippen LogP contribution in [0.5, 0.6) is 0 Å². The molecule has 0 atom stereocenters. The molecule has 3 heterocycles. The van der Waals surface area contributed by atoms with Gasteiger partial charge in [0.2, 0.25) is 0 Å². The van der Waals surface area contributed by atoms with Crippen LogP contribution in [0.2, 0.25) is 0 Å². The van der Waals surface area contributed by atoms with E-state index in [1.807, 2.05) is 12.3 Å². The minimum absolute atomic E-state index is 0.00483. The van der Waals surface area contributed by atoms with Crippen LogP contribution in [0.25, 0.3) is 5.70 Å². The highest BCUT2D eigenvalue weighted by Gasteiger charge is 2.29. The molecule has 4 N–H and O–H groups in total. The lowest BCUT2D eigenvalue weighted by atomic mass is 10.1. The Labute approximate surface area is 189 Å². The number of fused-ring (bicyclic) bond motifs is 1. The van der Waals surface area contributed by atoms with Crippen molar-refractivity contribution in [2.45, 2.75) is 13.8 Å². The molecule has 0 fully saturated rings. The summed E-state index contributed by atoms with van der Waals surface area (Å²) in [6.07, 6.45) is 1.31. The maximum absolute atomic E-state index is 14.8. The van der Waals surface area contributed by atoms with Crippen LogP contribution < -0.4 is 16.0 Å². The van der Waals surface area contributed by atoms with E-state index in [0.717, 1.165) is 16.1 Å². The number of para-hydroxylation sites is 1. The lowest BCUT2D eigenvalue weighted by Gasteiger charge is -2.32. The molecule has 1 aromatic carbocycles. The standard InChI is InChI=1S/C23H20FN7S/c1-4-7-16(25)20-21(26)28-12-29-22(20)27-10-18-30-23-19(13(2)11-32-23)14(3)31(18)17-9-6-5-8-15(17)24/h5-6,8-9,11-12,25H,3,10H2,1-2H3,(H3,26,27,28,29). The molecule has 3 aromatic rings. The van der Waals surface area contributed by atoms with Gasteiger partial charge in [0.25, 0.3) is 0 Å². The maximum atomic E-state index is 14.8. The molecule has 0 bridgehead atoms. The van der Waals surface area contributed by atoms with Gasteiger partial charge in [0.1, 0.15) is 40.3 Å². The molecule has 0 saturated heterocycles. The molecule has 160 valence electrons. The van der Waals surface area contributed by atoms with Gasteiger partial charge in [-0.25, -0.2) is 19.4 Å². The van der Waals surface area contributed by atoms with E-state index in [-0.39, 0.29) is 23.9 Å². The molecule has 0 saturated carbocycles. The molecule has 0 amide bonds. The fourth-order valence-corrected chi connectivity index (χ4v) is 4.43. The lowest BCUT2D eigenvalue weighted by molar-refractivity contribution is 0.629. The number of benzene rings is 1. The summed E-state index contributed by atoms with van der Waals surface area (Å²) in [5.74, 6) is 6.00. The van der Waals surface area contributed by atoms with Crippen molar-refractivity contribution in [3.05, 3.63) is 65.1 Å². The number of rotatable bonds is 5. The number of thiophene rings is 1. The summed E-state index contributed by atoms with van der Waals surface area (Å²) < 4.78 is 14.8. The number of amidine groups is 1. The van der Waals surface area contributed by atoms with Crippen LogP contribution >= 0.6 is 11.3 Å². The first-order chi connectivity index (χ1) is 15.4. The van der Waals surface area contributed by atoms with Gasteiger partial charge in [-0.05, 0) is 42.8 Å². The first kappa shape index (κ1) is 21.2. The van der Waals surface area contributed by atoms with Crippen LogP contribution in [0.15, 0.2) is 47.5 Å². The fourth-order valence-electron chi connectivity index (χ4n) is 3.46. The van der Waals surface area contributed by atoms with Crippen LogP contribution in [0.3, 0.4) is 0 Å². The Balaban J connectivity index is 1.75. The third-order valence-electron chi connectivity index (χ3n) is 4.89. The van der Waals surface area contributed by atoms with Gasteiger partial charge in [-0.1, -0.05) is 24.6 Å². The number of hydrogen-bond acceptors (Lipinski definition) is 8. The lowest BCUT2D eigenvalue weighted by Crippen LogP contribution is -2.37. The van der Waals surface area contributed by atoms with Crippen molar-refractivity contribution in [2.24, 2.45) is 4.99 Å². The van der Waals surface area contributed by atoms with Crippen molar-refractivity contribution in [1.82, 2.24) is 9.97 Å². The zero-order chi connectivity index (χ0) is 22.8. The summed E-state index contributed by atoms with van der Waals surface area (Å²) in [6, 6.07) is 6.49. The molecule has 0 radical (unpaired) electrons. The van der Waals surface area contributed by atoms with Gasteiger partial charge < -0.3 is 11.1 Å². The highest BCUT2D eigenvalue weighted by molar-refractivity contribution is 7.14. The van der Waals surface area contributed by atoms with Gasteiger partial charge in [0.15, 0.2) is 0 Å². The van der Waals surface area contributed by atoms with E-state index in [9.17, 15) is 4.39 Å². The number of halogens is 1. The Bertz CT molecular complexity index is 1330. The minimum Gasteiger partial charge on any atom is -0.383 e. The van der Waals surface area contributed by atoms with Crippen LogP contribution in [0, 0.1) is 30.0 Å². The van der Waals surface area contributed by atoms with E-state index in [1.54, 1.807) is 30.0 Å². The van der Waals surface area contributed by atoms with E-state index in [0.29, 0.717) is 28.6 Å². The number of nitrogens with two attached hydrogens (primary N) is 1. The highest BCUT2D eigenvalue weighted by Crippen LogP contribution is 2.42. The summed E-state index contributed by atoms with van der Waals surface area (Å²) in [7, 11) is 0. The first-order valence-electron chi connectivity index (χ1n) is 9.68. The van der Waals surface area contributed by atoms with Gasteiger partial charge in [0, 0.05) is 5.56 Å². The second kappa shape index (κ2) is 8.61. The third-order valence-corrected chi connectivity index (χ3v) is 5.88. The van der Waals surface area contributed by atoms with E-state index in [2.05, 4.69) is 33.7 Å². The quantitative estimate of drug-likeness (QED) is 0.394. The van der Waals surface area contributed by atoms with Crippen molar-refractivity contribution in [1.29, 1.82) is 5.41 Å². The maximum Gasteiger partial charge on any atom is 0.147 e. The Morgan fingerprint density at radius 1 is 1.34 bits per heavy atom. The van der Waals surface area contributed by atoms with Crippen molar-refractivity contribution in [2.75, 3.05) is 22.5 Å². The third kappa shape index (κ3) is 3.72. The average Bonchev–Trinajstić information content (AvgIpc) is 3.14. The second-order valence-electron chi connectivity index (χ2n) is 6.95. The number of nitrogens with zero attached hydrogens (tertiary/aromatic N) is 4. The molecule has 2 aromatic heterocycles. The zero-order valence-electron chi connectivity index (χ0n) is 17.5. The topological polar surface area (TPSA) is 103 Å². The number of nitrogens with one attached hydrogen (secondary N) is 2. The smallest absolute Gasteiger partial charge is 0.147 e. The van der Waals surface area contributed by atoms with Gasteiger partial charge in [-0.2, -0.15) is 0 Å². The van der Waals surface area contributed by atoms with Crippen LogP contribution in [0.1, 0.15) is 23.6 Å². The van der Waals surface area contributed by atoms with Gasteiger partial charge in [-0.15, -0.1) is 11.3 Å². The number of anilines is 3. The molecule has 0 spiro atoms. The Hall–Kier alpha value is -4.03. The Morgan fingerprint density at radius 3 is 2.88 bits per heavy atom. The summed E-state index contributed by atoms with van der Waals surface area (Å²) in [5, 5.41) is 14.2. The van der Waals surface area contributed by atoms with Gasteiger partial charge >= 0.3 is 0 Å². The molecule has 0 unspecified atom stereocenters. The normalized spacial score (nSPS) is 12.5. The molecule has 9 heteroatoms.